The molecule has 1 N–H and O–H groups in total. The SMILES string of the molecule is CC(C)CNc1ccc(CN2CCN(C)CC2)cc1. The molecule has 0 amide bonds. The van der Waals surface area contributed by atoms with Crippen LogP contribution in [-0.4, -0.2) is 49.6 Å². The molecule has 3 nitrogen and oxygen atoms in total. The summed E-state index contributed by atoms with van der Waals surface area (Å²) in [4.78, 5) is 4.94. The van der Waals surface area contributed by atoms with Crippen molar-refractivity contribution in [2.24, 2.45) is 5.92 Å². The summed E-state index contributed by atoms with van der Waals surface area (Å²) in [6, 6.07) is 8.91. The van der Waals surface area contributed by atoms with Crippen LogP contribution < -0.4 is 5.32 Å². The summed E-state index contributed by atoms with van der Waals surface area (Å²) in [6.45, 7) is 11.3. The molecule has 19 heavy (non-hydrogen) atoms. The number of rotatable bonds is 5. The van der Waals surface area contributed by atoms with Crippen LogP contribution in [0.15, 0.2) is 24.3 Å². The molecule has 1 aliphatic heterocycles. The molecule has 0 bridgehead atoms. The molecule has 0 radical (unpaired) electrons. The molecular weight excluding hydrogens is 234 g/mol. The van der Waals surface area contributed by atoms with Crippen molar-refractivity contribution in [2.45, 2.75) is 20.4 Å². The molecular formula is C16H27N3. The third-order valence-electron chi connectivity index (χ3n) is 3.67. The minimum absolute atomic E-state index is 0.685. The first kappa shape index (κ1) is 14.4. The number of hydrogen-bond donors (Lipinski definition) is 1. The van der Waals surface area contributed by atoms with E-state index < -0.39 is 0 Å². The van der Waals surface area contributed by atoms with Gasteiger partial charge in [0.15, 0.2) is 0 Å². The summed E-state index contributed by atoms with van der Waals surface area (Å²) in [5.41, 5.74) is 2.65. The summed E-state index contributed by atoms with van der Waals surface area (Å²) >= 11 is 0. The van der Waals surface area contributed by atoms with Crippen LogP contribution in [0.3, 0.4) is 0 Å². The topological polar surface area (TPSA) is 18.5 Å². The average Bonchev–Trinajstić information content (AvgIpc) is 2.40. The van der Waals surface area contributed by atoms with Crippen LogP contribution in [0.5, 0.6) is 0 Å². The second kappa shape index (κ2) is 6.92. The largest absolute Gasteiger partial charge is 0.385 e. The second-order valence-electron chi connectivity index (χ2n) is 6.05. The van der Waals surface area contributed by atoms with E-state index in [1.165, 1.54) is 37.4 Å². The fraction of sp³-hybridized carbons (Fsp3) is 0.625. The van der Waals surface area contributed by atoms with Gasteiger partial charge in [-0.1, -0.05) is 26.0 Å². The Morgan fingerprint density at radius 1 is 1.05 bits per heavy atom. The lowest BCUT2D eigenvalue weighted by Gasteiger charge is -2.32. The Kier molecular flexibility index (Phi) is 5.23. The molecule has 1 aliphatic rings. The Bertz CT molecular complexity index is 364. The number of likely N-dealkylation sites (N-methyl/N-ethyl adjacent to an activating group) is 1. The molecule has 1 fully saturated rings. The van der Waals surface area contributed by atoms with E-state index >= 15 is 0 Å². The van der Waals surface area contributed by atoms with Crippen molar-refractivity contribution in [1.82, 2.24) is 9.80 Å². The lowest BCUT2D eigenvalue weighted by atomic mass is 10.1. The van der Waals surface area contributed by atoms with Crippen molar-refractivity contribution < 1.29 is 0 Å². The predicted octanol–water partition coefficient (Wildman–Crippen LogP) is 2.50. The highest BCUT2D eigenvalue weighted by molar-refractivity contribution is 5.44. The summed E-state index contributed by atoms with van der Waals surface area (Å²) < 4.78 is 0. The summed E-state index contributed by atoms with van der Waals surface area (Å²) in [6.07, 6.45) is 0. The highest BCUT2D eigenvalue weighted by Crippen LogP contribution is 2.13. The van der Waals surface area contributed by atoms with Gasteiger partial charge in [-0.3, -0.25) is 4.90 Å². The molecule has 1 aromatic carbocycles. The molecule has 0 unspecified atom stereocenters. The highest BCUT2D eigenvalue weighted by atomic mass is 15.2. The zero-order valence-electron chi connectivity index (χ0n) is 12.5. The van der Waals surface area contributed by atoms with Gasteiger partial charge in [0.1, 0.15) is 0 Å². The maximum atomic E-state index is 3.46. The van der Waals surface area contributed by atoms with Crippen LogP contribution in [0.4, 0.5) is 5.69 Å². The van der Waals surface area contributed by atoms with Gasteiger partial charge in [0.2, 0.25) is 0 Å². The van der Waals surface area contributed by atoms with Gasteiger partial charge in [0.05, 0.1) is 0 Å². The van der Waals surface area contributed by atoms with Crippen molar-refractivity contribution in [3.63, 3.8) is 0 Å². The van der Waals surface area contributed by atoms with Crippen molar-refractivity contribution in [2.75, 3.05) is 45.1 Å². The normalized spacial score (nSPS) is 17.9. The molecule has 1 aromatic rings. The van der Waals surface area contributed by atoms with E-state index in [4.69, 9.17) is 0 Å². The van der Waals surface area contributed by atoms with E-state index in [1.807, 2.05) is 0 Å². The molecule has 3 heteroatoms. The fourth-order valence-electron chi connectivity index (χ4n) is 2.31. The molecule has 106 valence electrons. The lowest BCUT2D eigenvalue weighted by Crippen LogP contribution is -2.43. The number of piperazine rings is 1. The minimum Gasteiger partial charge on any atom is -0.385 e. The van der Waals surface area contributed by atoms with Gasteiger partial charge in [0.25, 0.3) is 0 Å². The Morgan fingerprint density at radius 3 is 2.26 bits per heavy atom. The first-order valence-electron chi connectivity index (χ1n) is 7.37. The smallest absolute Gasteiger partial charge is 0.0340 e. The third kappa shape index (κ3) is 4.84. The van der Waals surface area contributed by atoms with Crippen LogP contribution >= 0.6 is 0 Å². The maximum Gasteiger partial charge on any atom is 0.0340 e. The lowest BCUT2D eigenvalue weighted by molar-refractivity contribution is 0.148. The van der Waals surface area contributed by atoms with Crippen LogP contribution in [0, 0.1) is 5.92 Å². The Morgan fingerprint density at radius 2 is 1.68 bits per heavy atom. The Labute approximate surface area is 117 Å². The molecule has 1 saturated heterocycles. The second-order valence-corrected chi connectivity index (χ2v) is 6.05. The third-order valence-corrected chi connectivity index (χ3v) is 3.67. The zero-order chi connectivity index (χ0) is 13.7. The van der Waals surface area contributed by atoms with Crippen LogP contribution in [0.1, 0.15) is 19.4 Å². The number of benzene rings is 1. The number of nitrogens with one attached hydrogen (secondary N) is 1. The van der Waals surface area contributed by atoms with Gasteiger partial charge in [-0.15, -0.1) is 0 Å². The van der Waals surface area contributed by atoms with Gasteiger partial charge in [-0.2, -0.15) is 0 Å². The molecule has 0 spiro atoms. The maximum absolute atomic E-state index is 3.46. The number of hydrogen-bond acceptors (Lipinski definition) is 3. The van der Waals surface area contributed by atoms with Crippen molar-refractivity contribution in [3.05, 3.63) is 29.8 Å². The average molecular weight is 261 g/mol. The molecule has 2 rings (SSSR count). The summed E-state index contributed by atoms with van der Waals surface area (Å²) in [5.74, 6) is 0.685. The van der Waals surface area contributed by atoms with Gasteiger partial charge >= 0.3 is 0 Å². The standard InChI is InChI=1S/C16H27N3/c1-14(2)12-17-16-6-4-15(5-7-16)13-19-10-8-18(3)9-11-19/h4-7,14,17H,8-13H2,1-3H3. The van der Waals surface area contributed by atoms with E-state index in [-0.39, 0.29) is 0 Å². The summed E-state index contributed by atoms with van der Waals surface area (Å²) in [7, 11) is 2.20. The monoisotopic (exact) mass is 261 g/mol. The first-order valence-corrected chi connectivity index (χ1v) is 7.37. The fourth-order valence-corrected chi connectivity index (χ4v) is 2.31. The Hall–Kier alpha value is -1.06. The highest BCUT2D eigenvalue weighted by Gasteiger charge is 2.13. The van der Waals surface area contributed by atoms with E-state index in [1.54, 1.807) is 0 Å². The summed E-state index contributed by atoms with van der Waals surface area (Å²) in [5, 5.41) is 3.46. The van der Waals surface area contributed by atoms with Crippen molar-refractivity contribution in [3.8, 4) is 0 Å². The van der Waals surface area contributed by atoms with Gasteiger partial charge in [-0.05, 0) is 30.7 Å². The van der Waals surface area contributed by atoms with Crippen LogP contribution in [0.2, 0.25) is 0 Å². The Balaban J connectivity index is 1.81. The molecule has 0 atom stereocenters. The van der Waals surface area contributed by atoms with Gasteiger partial charge < -0.3 is 10.2 Å². The quantitative estimate of drug-likeness (QED) is 0.878. The molecule has 1 heterocycles. The van der Waals surface area contributed by atoms with Gasteiger partial charge in [-0.25, -0.2) is 0 Å². The number of anilines is 1. The van der Waals surface area contributed by atoms with E-state index in [2.05, 4.69) is 60.3 Å². The van der Waals surface area contributed by atoms with Crippen molar-refractivity contribution in [1.29, 1.82) is 0 Å². The van der Waals surface area contributed by atoms with Gasteiger partial charge in [0, 0.05) is 45.0 Å². The molecule has 0 aromatic heterocycles. The van der Waals surface area contributed by atoms with E-state index in [9.17, 15) is 0 Å². The molecule has 0 aliphatic carbocycles. The van der Waals surface area contributed by atoms with Crippen molar-refractivity contribution >= 4 is 5.69 Å². The molecule has 0 saturated carbocycles. The number of nitrogens with zero attached hydrogens (tertiary/aromatic N) is 2. The first-order chi connectivity index (χ1) is 9.13. The zero-order valence-corrected chi connectivity index (χ0v) is 12.5. The van der Waals surface area contributed by atoms with Crippen LogP contribution in [0.25, 0.3) is 0 Å². The minimum atomic E-state index is 0.685. The van der Waals surface area contributed by atoms with E-state index in [0.29, 0.717) is 5.92 Å². The van der Waals surface area contributed by atoms with Crippen LogP contribution in [-0.2, 0) is 6.54 Å². The van der Waals surface area contributed by atoms with E-state index in [0.717, 1.165) is 13.1 Å². The predicted molar refractivity (Wildman–Crippen MR) is 82.5 cm³/mol.